The molecule has 2 aromatic carbocycles. The number of benzene rings is 2. The Labute approximate surface area is 144 Å². The number of ether oxygens (including phenoxy) is 2. The fourth-order valence-corrected chi connectivity index (χ4v) is 3.06. The van der Waals surface area contributed by atoms with Gasteiger partial charge in [-0.05, 0) is 29.8 Å². The monoisotopic (exact) mass is 329 g/mol. The molecule has 1 aliphatic rings. The van der Waals surface area contributed by atoms with E-state index in [0.29, 0.717) is 0 Å². The summed E-state index contributed by atoms with van der Waals surface area (Å²) in [6.07, 6.45) is 2.60. The van der Waals surface area contributed by atoms with Crippen molar-refractivity contribution in [3.8, 4) is 22.8 Å². The Morgan fingerprint density at radius 3 is 2.72 bits per heavy atom. The summed E-state index contributed by atoms with van der Waals surface area (Å²) in [6.45, 7) is 0.288. The van der Waals surface area contributed by atoms with E-state index in [2.05, 4.69) is 17.1 Å². The molecule has 0 fully saturated rings. The van der Waals surface area contributed by atoms with Crippen molar-refractivity contribution in [1.29, 1.82) is 0 Å². The zero-order chi connectivity index (χ0) is 16.6. The first-order valence-corrected chi connectivity index (χ1v) is 8.14. The van der Waals surface area contributed by atoms with Crippen molar-refractivity contribution in [2.45, 2.75) is 6.42 Å². The Hall–Kier alpha value is -3.34. The fraction of sp³-hybridized carbons (Fsp3) is 0.100. The molecule has 0 aliphatic carbocycles. The van der Waals surface area contributed by atoms with Gasteiger partial charge in [0.2, 0.25) is 6.79 Å². The SMILES string of the molecule is c1ccc(-c2ccc3ncc(Cc4ccc5c(c4)OCO5)n3n2)cc1. The van der Waals surface area contributed by atoms with E-state index < -0.39 is 0 Å². The van der Waals surface area contributed by atoms with E-state index in [-0.39, 0.29) is 6.79 Å². The van der Waals surface area contributed by atoms with Crippen LogP contribution in [0.15, 0.2) is 66.9 Å². The Morgan fingerprint density at radius 2 is 1.80 bits per heavy atom. The Balaban J connectivity index is 1.53. The van der Waals surface area contributed by atoms with Gasteiger partial charge in [0.05, 0.1) is 17.6 Å². The molecular formula is C20H15N3O2. The molecule has 5 heteroatoms. The third kappa shape index (κ3) is 2.50. The molecule has 1 aliphatic heterocycles. The molecule has 0 saturated carbocycles. The van der Waals surface area contributed by atoms with Crippen LogP contribution in [0.5, 0.6) is 11.5 Å². The molecule has 0 bridgehead atoms. The van der Waals surface area contributed by atoms with Gasteiger partial charge >= 0.3 is 0 Å². The molecule has 4 aromatic rings. The molecule has 5 nitrogen and oxygen atoms in total. The van der Waals surface area contributed by atoms with E-state index in [4.69, 9.17) is 14.6 Å². The number of hydrogen-bond acceptors (Lipinski definition) is 4. The molecule has 0 amide bonds. The van der Waals surface area contributed by atoms with Crippen molar-refractivity contribution in [2.75, 3.05) is 6.79 Å². The predicted octanol–water partition coefficient (Wildman–Crippen LogP) is 3.72. The predicted molar refractivity (Wildman–Crippen MR) is 93.8 cm³/mol. The molecule has 0 saturated heterocycles. The van der Waals surface area contributed by atoms with Crippen LogP contribution in [0.25, 0.3) is 16.9 Å². The van der Waals surface area contributed by atoms with Gasteiger partial charge < -0.3 is 9.47 Å². The third-order valence-electron chi connectivity index (χ3n) is 4.32. The normalized spacial score (nSPS) is 12.6. The number of fused-ring (bicyclic) bond motifs is 2. The maximum Gasteiger partial charge on any atom is 0.231 e. The molecule has 0 unspecified atom stereocenters. The summed E-state index contributed by atoms with van der Waals surface area (Å²) in [5, 5.41) is 4.77. The molecule has 25 heavy (non-hydrogen) atoms. The highest BCUT2D eigenvalue weighted by Crippen LogP contribution is 2.33. The van der Waals surface area contributed by atoms with Crippen LogP contribution in [-0.2, 0) is 6.42 Å². The first kappa shape index (κ1) is 14.0. The molecule has 0 N–H and O–H groups in total. The number of hydrogen-bond donors (Lipinski definition) is 0. The molecule has 5 rings (SSSR count). The van der Waals surface area contributed by atoms with Crippen LogP contribution in [0, 0.1) is 0 Å². The third-order valence-corrected chi connectivity index (χ3v) is 4.32. The van der Waals surface area contributed by atoms with Gasteiger partial charge in [0.1, 0.15) is 0 Å². The van der Waals surface area contributed by atoms with Crippen LogP contribution in [-0.4, -0.2) is 21.4 Å². The van der Waals surface area contributed by atoms with Gasteiger partial charge in [-0.3, -0.25) is 0 Å². The number of imidazole rings is 1. The molecule has 0 radical (unpaired) electrons. The van der Waals surface area contributed by atoms with E-state index in [1.165, 1.54) is 0 Å². The van der Waals surface area contributed by atoms with E-state index in [1.807, 2.05) is 59.2 Å². The van der Waals surface area contributed by atoms with Crippen LogP contribution in [0.3, 0.4) is 0 Å². The van der Waals surface area contributed by atoms with Crippen LogP contribution in [0.1, 0.15) is 11.3 Å². The second kappa shape index (κ2) is 5.63. The summed E-state index contributed by atoms with van der Waals surface area (Å²) in [4.78, 5) is 4.47. The van der Waals surface area contributed by atoms with Gasteiger partial charge in [-0.2, -0.15) is 5.10 Å². The molecule has 0 spiro atoms. The van der Waals surface area contributed by atoms with E-state index in [1.54, 1.807) is 0 Å². The molecule has 122 valence electrons. The largest absolute Gasteiger partial charge is 0.454 e. The molecule has 0 atom stereocenters. The van der Waals surface area contributed by atoms with Crippen LogP contribution in [0.4, 0.5) is 0 Å². The zero-order valence-corrected chi connectivity index (χ0v) is 13.4. The average Bonchev–Trinajstić information content (AvgIpc) is 3.29. The first-order valence-electron chi connectivity index (χ1n) is 8.14. The first-order chi connectivity index (χ1) is 12.4. The lowest BCUT2D eigenvalue weighted by molar-refractivity contribution is 0.174. The van der Waals surface area contributed by atoms with Gasteiger partial charge in [0.15, 0.2) is 17.1 Å². The van der Waals surface area contributed by atoms with Crippen molar-refractivity contribution in [1.82, 2.24) is 14.6 Å². The van der Waals surface area contributed by atoms with Crippen LogP contribution < -0.4 is 9.47 Å². The minimum absolute atomic E-state index is 0.288. The summed E-state index contributed by atoms with van der Waals surface area (Å²) >= 11 is 0. The van der Waals surface area contributed by atoms with Gasteiger partial charge in [0, 0.05) is 12.0 Å². The second-order valence-corrected chi connectivity index (χ2v) is 5.97. The topological polar surface area (TPSA) is 48.7 Å². The van der Waals surface area contributed by atoms with Crippen LogP contribution in [0.2, 0.25) is 0 Å². The Bertz CT molecular complexity index is 1060. The maximum atomic E-state index is 5.46. The Morgan fingerprint density at radius 1 is 0.920 bits per heavy atom. The van der Waals surface area contributed by atoms with Gasteiger partial charge in [-0.25, -0.2) is 9.50 Å². The quantitative estimate of drug-likeness (QED) is 0.575. The fourth-order valence-electron chi connectivity index (χ4n) is 3.06. The molecular weight excluding hydrogens is 314 g/mol. The highest BCUT2D eigenvalue weighted by molar-refractivity contribution is 5.60. The highest BCUT2D eigenvalue weighted by atomic mass is 16.7. The summed E-state index contributed by atoms with van der Waals surface area (Å²) in [5.74, 6) is 1.59. The van der Waals surface area contributed by atoms with Crippen molar-refractivity contribution >= 4 is 5.65 Å². The number of rotatable bonds is 3. The smallest absolute Gasteiger partial charge is 0.231 e. The summed E-state index contributed by atoms with van der Waals surface area (Å²) in [6, 6.07) is 20.2. The minimum Gasteiger partial charge on any atom is -0.454 e. The van der Waals surface area contributed by atoms with Gasteiger partial charge in [0.25, 0.3) is 0 Å². The van der Waals surface area contributed by atoms with Crippen molar-refractivity contribution in [2.24, 2.45) is 0 Å². The number of aromatic nitrogens is 3. The summed E-state index contributed by atoms with van der Waals surface area (Å²) in [5.41, 5.74) is 5.03. The van der Waals surface area contributed by atoms with Gasteiger partial charge in [-0.15, -0.1) is 0 Å². The van der Waals surface area contributed by atoms with Crippen LogP contribution >= 0.6 is 0 Å². The van der Waals surface area contributed by atoms with E-state index in [9.17, 15) is 0 Å². The molecule has 3 heterocycles. The van der Waals surface area contributed by atoms with Crippen molar-refractivity contribution in [3.05, 3.63) is 78.1 Å². The summed E-state index contributed by atoms with van der Waals surface area (Å²) < 4.78 is 12.7. The van der Waals surface area contributed by atoms with E-state index >= 15 is 0 Å². The lowest BCUT2D eigenvalue weighted by Crippen LogP contribution is -2.00. The standard InChI is InChI=1S/C20H15N3O2/c1-2-4-15(5-3-1)17-7-9-20-21-12-16(23(20)22-17)10-14-6-8-18-19(11-14)25-13-24-18/h1-9,11-12H,10,13H2. The van der Waals surface area contributed by atoms with Crippen molar-refractivity contribution < 1.29 is 9.47 Å². The second-order valence-electron chi connectivity index (χ2n) is 5.97. The number of nitrogens with zero attached hydrogens (tertiary/aromatic N) is 3. The zero-order valence-electron chi connectivity index (χ0n) is 13.4. The average molecular weight is 329 g/mol. The summed E-state index contributed by atoms with van der Waals surface area (Å²) in [7, 11) is 0. The van der Waals surface area contributed by atoms with Gasteiger partial charge in [-0.1, -0.05) is 36.4 Å². The molecule has 2 aromatic heterocycles. The maximum absolute atomic E-state index is 5.46. The highest BCUT2D eigenvalue weighted by Gasteiger charge is 2.14. The van der Waals surface area contributed by atoms with E-state index in [0.717, 1.165) is 46.1 Å². The minimum atomic E-state index is 0.288. The Kier molecular flexibility index (Phi) is 3.16. The lowest BCUT2D eigenvalue weighted by Gasteiger charge is -2.05. The lowest BCUT2D eigenvalue weighted by atomic mass is 10.1. The van der Waals surface area contributed by atoms with Crippen molar-refractivity contribution in [3.63, 3.8) is 0 Å².